The van der Waals surface area contributed by atoms with Gasteiger partial charge in [-0.15, -0.1) is 0 Å². The van der Waals surface area contributed by atoms with Crippen LogP contribution < -0.4 is 20.5 Å². The smallest absolute Gasteiger partial charge is 0.211 e. The normalized spacial score (nSPS) is 16.1. The third kappa shape index (κ3) is 1.52. The summed E-state index contributed by atoms with van der Waals surface area (Å²) in [5.74, 6) is 0.281. The second kappa shape index (κ2) is 4.12. The molecule has 2 aliphatic heterocycles. The molecule has 3 rings (SSSR count). The summed E-state index contributed by atoms with van der Waals surface area (Å²) in [6.45, 7) is 3.97. The van der Waals surface area contributed by atoms with Gasteiger partial charge in [-0.05, 0) is 12.0 Å². The molecular formula is C14H18N3O+. The van der Waals surface area contributed by atoms with Crippen molar-refractivity contribution in [2.75, 3.05) is 25.5 Å². The highest BCUT2D eigenvalue weighted by Gasteiger charge is 2.23. The van der Waals surface area contributed by atoms with E-state index in [2.05, 4.69) is 28.9 Å². The molecule has 2 N–H and O–H groups in total. The van der Waals surface area contributed by atoms with Gasteiger partial charge in [0.2, 0.25) is 5.36 Å². The van der Waals surface area contributed by atoms with Gasteiger partial charge in [0.05, 0.1) is 10.9 Å². The molecule has 0 bridgehead atoms. The lowest BCUT2D eigenvalue weighted by Gasteiger charge is -2.10. The van der Waals surface area contributed by atoms with E-state index in [9.17, 15) is 5.11 Å². The fourth-order valence-electron chi connectivity index (χ4n) is 2.59. The molecule has 0 amide bonds. The number of aromatic hydroxyl groups is 1. The van der Waals surface area contributed by atoms with Crippen molar-refractivity contribution < 1.29 is 5.11 Å². The molecular weight excluding hydrogens is 226 g/mol. The minimum Gasteiger partial charge on any atom is -0.504 e. The first-order chi connectivity index (χ1) is 8.72. The number of anilines is 1. The number of hydrogen-bond acceptors (Lipinski definition) is 3. The molecule has 0 radical (unpaired) electrons. The molecule has 4 heteroatoms. The van der Waals surface area contributed by atoms with Gasteiger partial charge in [-0.3, -0.25) is 4.99 Å². The summed E-state index contributed by atoms with van der Waals surface area (Å²) in [5.41, 5.74) is 2.76. The number of hydrogen-bond donors (Lipinski definition) is 2. The predicted octanol–water partition coefficient (Wildman–Crippen LogP) is 0.605. The van der Waals surface area contributed by atoms with Crippen LogP contribution in [0.3, 0.4) is 0 Å². The molecule has 94 valence electrons. The third-order valence-electron chi connectivity index (χ3n) is 3.62. The van der Waals surface area contributed by atoms with Gasteiger partial charge < -0.3 is 10.4 Å². The lowest BCUT2D eigenvalue weighted by atomic mass is 10.1. The predicted molar refractivity (Wildman–Crippen MR) is 74.3 cm³/mol. The maximum atomic E-state index is 10.3. The Bertz CT molecular complexity index is 659. The highest BCUT2D eigenvalue weighted by atomic mass is 16.3. The first-order valence-electron chi connectivity index (χ1n) is 6.47. The van der Waals surface area contributed by atoms with E-state index in [4.69, 9.17) is 0 Å². The maximum absolute atomic E-state index is 10.3. The lowest BCUT2D eigenvalue weighted by Crippen LogP contribution is -2.43. The number of benzene rings is 1. The number of phenols is 1. The molecule has 1 aromatic carbocycles. The summed E-state index contributed by atoms with van der Waals surface area (Å²) in [6, 6.07) is 2.04. The molecule has 0 atom stereocenters. The van der Waals surface area contributed by atoms with Crippen LogP contribution in [-0.2, 0) is 0 Å². The van der Waals surface area contributed by atoms with Gasteiger partial charge in [0.1, 0.15) is 19.3 Å². The van der Waals surface area contributed by atoms with Gasteiger partial charge in [0, 0.05) is 25.2 Å². The first kappa shape index (κ1) is 11.3. The summed E-state index contributed by atoms with van der Waals surface area (Å²) in [5, 5.41) is 15.8. The average Bonchev–Trinajstić information content (AvgIpc) is 2.80. The Morgan fingerprint density at radius 3 is 3.11 bits per heavy atom. The number of phenolic OH excluding ortho intramolecular Hbond substituents is 1. The molecule has 0 aliphatic carbocycles. The standard InChI is InChI=1S/C14H17N3O/c1-3-5-15-10-7-11-12-9(4-6-17(11)2)8-16-13(12)14(10)18/h7-8H,3-6H2,1-2H3,(H,15,16,18)/p+1. The zero-order valence-corrected chi connectivity index (χ0v) is 10.8. The zero-order valence-electron chi connectivity index (χ0n) is 10.8. The summed E-state index contributed by atoms with van der Waals surface area (Å²) in [7, 11) is 2.09. The van der Waals surface area contributed by atoms with E-state index in [-0.39, 0.29) is 5.75 Å². The minimum absolute atomic E-state index is 0.281. The molecule has 4 nitrogen and oxygen atoms in total. The van der Waals surface area contributed by atoms with Gasteiger partial charge in [-0.1, -0.05) is 6.92 Å². The lowest BCUT2D eigenvalue weighted by molar-refractivity contribution is 0.477. The Hall–Kier alpha value is -1.84. The van der Waals surface area contributed by atoms with Crippen molar-refractivity contribution in [1.82, 2.24) is 4.58 Å². The molecule has 0 saturated heterocycles. The topological polar surface area (TPSA) is 47.6 Å². The van der Waals surface area contributed by atoms with Crippen LogP contribution in [0.4, 0.5) is 11.4 Å². The second-order valence-electron chi connectivity index (χ2n) is 4.90. The highest BCUT2D eigenvalue weighted by Crippen LogP contribution is 2.32. The van der Waals surface area contributed by atoms with Crippen molar-refractivity contribution in [3.63, 3.8) is 0 Å². The van der Waals surface area contributed by atoms with Crippen LogP contribution >= 0.6 is 0 Å². The molecule has 2 aliphatic rings. The SMILES string of the molecule is CCCNc1cc2c3c(c1O)N=CC=3CC[N+]=2C. The largest absolute Gasteiger partial charge is 0.504 e. The fourth-order valence-corrected chi connectivity index (χ4v) is 2.59. The number of nitrogens with one attached hydrogen (secondary N) is 1. The molecule has 0 saturated carbocycles. The Balaban J connectivity index is 2.28. The second-order valence-corrected chi connectivity index (χ2v) is 4.90. The summed E-state index contributed by atoms with van der Waals surface area (Å²) in [4.78, 5) is 4.38. The van der Waals surface area contributed by atoms with E-state index in [1.54, 1.807) is 0 Å². The van der Waals surface area contributed by atoms with Crippen molar-refractivity contribution in [3.05, 3.63) is 16.6 Å². The molecule has 18 heavy (non-hydrogen) atoms. The van der Waals surface area contributed by atoms with Crippen LogP contribution in [0.25, 0.3) is 5.57 Å². The highest BCUT2D eigenvalue weighted by molar-refractivity contribution is 6.08. The van der Waals surface area contributed by atoms with Gasteiger partial charge >= 0.3 is 0 Å². The van der Waals surface area contributed by atoms with Gasteiger partial charge in [-0.2, -0.15) is 0 Å². The summed E-state index contributed by atoms with van der Waals surface area (Å²) in [6.07, 6.45) is 3.92. The van der Waals surface area contributed by atoms with Crippen molar-refractivity contribution in [3.8, 4) is 5.75 Å². The molecule has 0 fully saturated rings. The van der Waals surface area contributed by atoms with Crippen molar-refractivity contribution in [1.29, 1.82) is 0 Å². The van der Waals surface area contributed by atoms with Crippen LogP contribution in [-0.4, -0.2) is 31.5 Å². The van der Waals surface area contributed by atoms with Crippen LogP contribution in [0.1, 0.15) is 19.8 Å². The van der Waals surface area contributed by atoms with Crippen LogP contribution in [0.2, 0.25) is 0 Å². The van der Waals surface area contributed by atoms with Gasteiger partial charge in [-0.25, -0.2) is 4.58 Å². The van der Waals surface area contributed by atoms with Crippen molar-refractivity contribution in [2.24, 2.45) is 4.99 Å². The summed E-state index contributed by atoms with van der Waals surface area (Å²) < 4.78 is 2.23. The number of nitrogens with zero attached hydrogens (tertiary/aromatic N) is 2. The summed E-state index contributed by atoms with van der Waals surface area (Å²) >= 11 is 0. The van der Waals surface area contributed by atoms with E-state index >= 15 is 0 Å². The zero-order chi connectivity index (χ0) is 12.7. The molecule has 2 heterocycles. The Labute approximate surface area is 106 Å². The molecule has 0 unspecified atom stereocenters. The third-order valence-corrected chi connectivity index (χ3v) is 3.62. The molecule has 0 spiro atoms. The fraction of sp³-hybridized carbons (Fsp3) is 0.429. The van der Waals surface area contributed by atoms with Crippen LogP contribution in [0, 0.1) is 0 Å². The van der Waals surface area contributed by atoms with Crippen molar-refractivity contribution in [2.45, 2.75) is 19.8 Å². The molecule has 0 aromatic heterocycles. The first-order valence-corrected chi connectivity index (χ1v) is 6.47. The Morgan fingerprint density at radius 1 is 1.50 bits per heavy atom. The maximum Gasteiger partial charge on any atom is 0.211 e. The number of aliphatic imine (C=N–C) groups is 1. The van der Waals surface area contributed by atoms with E-state index < -0.39 is 0 Å². The van der Waals surface area contributed by atoms with Crippen LogP contribution in [0.5, 0.6) is 5.75 Å². The average molecular weight is 244 g/mol. The Kier molecular flexibility index (Phi) is 2.58. The van der Waals surface area contributed by atoms with E-state index in [0.29, 0.717) is 0 Å². The van der Waals surface area contributed by atoms with Crippen molar-refractivity contribution >= 4 is 23.2 Å². The van der Waals surface area contributed by atoms with E-state index in [1.807, 2.05) is 12.3 Å². The van der Waals surface area contributed by atoms with E-state index in [0.717, 1.165) is 42.5 Å². The minimum atomic E-state index is 0.281. The van der Waals surface area contributed by atoms with Crippen LogP contribution in [0.15, 0.2) is 11.1 Å². The quantitative estimate of drug-likeness (QED) is 0.604. The monoisotopic (exact) mass is 244 g/mol. The van der Waals surface area contributed by atoms with E-state index in [1.165, 1.54) is 10.9 Å². The number of rotatable bonds is 3. The van der Waals surface area contributed by atoms with Gasteiger partial charge in [0.15, 0.2) is 5.75 Å². The molecule has 1 aromatic rings. The Morgan fingerprint density at radius 2 is 2.33 bits per heavy atom. The van der Waals surface area contributed by atoms with Gasteiger partial charge in [0.25, 0.3) is 0 Å².